The highest BCUT2D eigenvalue weighted by atomic mass is 32.2. The van der Waals surface area contributed by atoms with Gasteiger partial charge in [0.05, 0.1) is 5.52 Å². The second-order valence-electron chi connectivity index (χ2n) is 8.24. The summed E-state index contributed by atoms with van der Waals surface area (Å²) in [5.74, 6) is 2.44. The number of piperidine rings is 1. The predicted molar refractivity (Wildman–Crippen MR) is 126 cm³/mol. The van der Waals surface area contributed by atoms with Crippen LogP contribution in [0.15, 0.2) is 72.0 Å². The van der Waals surface area contributed by atoms with Crippen molar-refractivity contribution in [3.63, 3.8) is 0 Å². The molecule has 4 aromatic rings. The van der Waals surface area contributed by atoms with E-state index in [1.165, 1.54) is 29.4 Å². The quantitative estimate of drug-likeness (QED) is 0.402. The number of hydrogen-bond acceptors (Lipinski definition) is 5. The van der Waals surface area contributed by atoms with E-state index in [1.807, 2.05) is 12.3 Å². The smallest absolute Gasteiger partial charge is 0.191 e. The van der Waals surface area contributed by atoms with E-state index >= 15 is 0 Å². The van der Waals surface area contributed by atoms with Crippen LogP contribution in [0, 0.1) is 0 Å². The number of fused-ring (bicyclic) bond motifs is 1. The Morgan fingerprint density at radius 2 is 1.87 bits per heavy atom. The average Bonchev–Trinajstić information content (AvgIpc) is 3.19. The predicted octanol–water partition coefficient (Wildman–Crippen LogP) is 5.04. The van der Waals surface area contributed by atoms with Gasteiger partial charge >= 0.3 is 0 Å². The Hall–Kier alpha value is -2.70. The van der Waals surface area contributed by atoms with Crippen LogP contribution in [0.2, 0.25) is 0 Å². The maximum atomic E-state index is 4.63. The van der Waals surface area contributed by atoms with Crippen molar-refractivity contribution in [2.45, 2.75) is 36.2 Å². The van der Waals surface area contributed by atoms with Crippen molar-refractivity contribution in [2.24, 2.45) is 7.05 Å². The van der Waals surface area contributed by atoms with E-state index in [4.69, 9.17) is 0 Å². The lowest BCUT2D eigenvalue weighted by Crippen LogP contribution is -2.34. The Balaban J connectivity index is 1.28. The first-order valence-corrected chi connectivity index (χ1v) is 11.9. The summed E-state index contributed by atoms with van der Waals surface area (Å²) in [5.41, 5.74) is 3.73. The Labute approximate surface area is 187 Å². The number of pyridine rings is 1. The minimum absolute atomic E-state index is 0.417. The number of aromatic nitrogens is 4. The van der Waals surface area contributed by atoms with Gasteiger partial charge in [-0.25, -0.2) is 0 Å². The second kappa shape index (κ2) is 9.20. The molecule has 0 unspecified atom stereocenters. The Morgan fingerprint density at radius 3 is 2.77 bits per heavy atom. The highest BCUT2D eigenvalue weighted by molar-refractivity contribution is 7.98. The van der Waals surface area contributed by atoms with E-state index in [-0.39, 0.29) is 0 Å². The second-order valence-corrected chi connectivity index (χ2v) is 9.18. The van der Waals surface area contributed by atoms with Crippen LogP contribution in [0.1, 0.15) is 35.7 Å². The molecule has 0 bridgehead atoms. The molecule has 158 valence electrons. The standard InChI is InChI=1S/C25H27N5S/c1-29-24(27-28-25(29)31-18-19-8-3-2-4-9-19)22-13-7-15-30(17-22)16-21-11-5-10-20-12-6-14-26-23(20)21/h2-6,8-12,14,22H,7,13,15-18H2,1H3/t22-/m1/s1. The molecule has 1 aliphatic heterocycles. The molecular weight excluding hydrogens is 402 g/mol. The third-order valence-corrected chi connectivity index (χ3v) is 7.15. The molecule has 0 saturated carbocycles. The topological polar surface area (TPSA) is 46.8 Å². The molecule has 0 radical (unpaired) electrons. The molecule has 1 aliphatic rings. The van der Waals surface area contributed by atoms with Gasteiger partial charge in [0.25, 0.3) is 0 Å². The van der Waals surface area contributed by atoms with Crippen LogP contribution in [0.4, 0.5) is 0 Å². The SMILES string of the molecule is Cn1c(SCc2ccccc2)nnc1[C@@H]1CCCN(Cc2cccc3cccnc23)C1. The number of benzene rings is 2. The molecule has 0 amide bonds. The summed E-state index contributed by atoms with van der Waals surface area (Å²) in [5, 5.41) is 11.3. The summed E-state index contributed by atoms with van der Waals surface area (Å²) in [4.78, 5) is 7.18. The highest BCUT2D eigenvalue weighted by Crippen LogP contribution is 2.30. The van der Waals surface area contributed by atoms with E-state index in [2.05, 4.69) is 86.3 Å². The minimum atomic E-state index is 0.417. The van der Waals surface area contributed by atoms with Crippen molar-refractivity contribution < 1.29 is 0 Å². The number of rotatable bonds is 6. The van der Waals surface area contributed by atoms with E-state index in [9.17, 15) is 0 Å². The molecule has 1 saturated heterocycles. The summed E-state index contributed by atoms with van der Waals surface area (Å²) < 4.78 is 2.20. The molecule has 6 heteroatoms. The molecule has 0 aliphatic carbocycles. The fourth-order valence-electron chi connectivity index (χ4n) is 4.48. The van der Waals surface area contributed by atoms with Crippen molar-refractivity contribution in [1.82, 2.24) is 24.6 Å². The van der Waals surface area contributed by atoms with Crippen LogP contribution >= 0.6 is 11.8 Å². The van der Waals surface area contributed by atoms with Gasteiger partial charge in [0.1, 0.15) is 5.82 Å². The molecule has 5 nitrogen and oxygen atoms in total. The summed E-state index contributed by atoms with van der Waals surface area (Å²) in [6.45, 7) is 3.06. The molecule has 3 heterocycles. The summed E-state index contributed by atoms with van der Waals surface area (Å²) in [6, 6.07) is 21.2. The Morgan fingerprint density at radius 1 is 1.00 bits per heavy atom. The summed E-state index contributed by atoms with van der Waals surface area (Å²) >= 11 is 1.76. The van der Waals surface area contributed by atoms with E-state index in [1.54, 1.807) is 11.8 Å². The zero-order chi connectivity index (χ0) is 21.0. The third kappa shape index (κ3) is 4.50. The monoisotopic (exact) mass is 429 g/mol. The van der Waals surface area contributed by atoms with Crippen molar-refractivity contribution in [3.05, 3.63) is 83.8 Å². The lowest BCUT2D eigenvalue weighted by atomic mass is 9.96. The minimum Gasteiger partial charge on any atom is -0.309 e. The van der Waals surface area contributed by atoms with E-state index < -0.39 is 0 Å². The van der Waals surface area contributed by atoms with Gasteiger partial charge in [-0.2, -0.15) is 0 Å². The molecule has 31 heavy (non-hydrogen) atoms. The number of para-hydroxylation sites is 1. The Bertz CT molecular complexity index is 1150. The summed E-state index contributed by atoms with van der Waals surface area (Å²) in [7, 11) is 2.11. The number of hydrogen-bond donors (Lipinski definition) is 0. The van der Waals surface area contributed by atoms with Crippen LogP contribution < -0.4 is 0 Å². The van der Waals surface area contributed by atoms with Crippen molar-refractivity contribution >= 4 is 22.7 Å². The van der Waals surface area contributed by atoms with Gasteiger partial charge in [-0.3, -0.25) is 9.88 Å². The number of nitrogens with zero attached hydrogens (tertiary/aromatic N) is 5. The maximum absolute atomic E-state index is 4.63. The van der Waals surface area contributed by atoms with Gasteiger partial charge in [-0.1, -0.05) is 66.4 Å². The molecule has 1 fully saturated rings. The molecule has 1 atom stereocenters. The van der Waals surface area contributed by atoms with Gasteiger partial charge < -0.3 is 4.57 Å². The van der Waals surface area contributed by atoms with E-state index in [0.717, 1.165) is 41.9 Å². The molecular formula is C25H27N5S. The zero-order valence-electron chi connectivity index (χ0n) is 17.8. The largest absolute Gasteiger partial charge is 0.309 e. The van der Waals surface area contributed by atoms with Crippen molar-refractivity contribution in [3.8, 4) is 0 Å². The molecule has 2 aromatic heterocycles. The Kier molecular flexibility index (Phi) is 6.00. The van der Waals surface area contributed by atoms with Crippen LogP contribution in [-0.2, 0) is 19.3 Å². The van der Waals surface area contributed by atoms with Crippen LogP contribution in [0.25, 0.3) is 10.9 Å². The molecule has 0 spiro atoms. The fraction of sp³-hybridized carbons (Fsp3) is 0.320. The molecule has 5 rings (SSSR count). The highest BCUT2D eigenvalue weighted by Gasteiger charge is 2.26. The fourth-order valence-corrected chi connectivity index (χ4v) is 5.35. The van der Waals surface area contributed by atoms with Gasteiger partial charge in [-0.15, -0.1) is 10.2 Å². The first-order chi connectivity index (χ1) is 15.3. The maximum Gasteiger partial charge on any atom is 0.191 e. The first-order valence-electron chi connectivity index (χ1n) is 10.9. The van der Waals surface area contributed by atoms with E-state index in [0.29, 0.717) is 5.92 Å². The first kappa shape index (κ1) is 20.2. The van der Waals surface area contributed by atoms with Crippen LogP contribution in [0.3, 0.4) is 0 Å². The zero-order valence-corrected chi connectivity index (χ0v) is 18.6. The average molecular weight is 430 g/mol. The van der Waals surface area contributed by atoms with Gasteiger partial charge in [0.2, 0.25) is 0 Å². The number of thioether (sulfide) groups is 1. The van der Waals surface area contributed by atoms with Gasteiger partial charge in [0, 0.05) is 43.4 Å². The summed E-state index contributed by atoms with van der Waals surface area (Å²) in [6.07, 6.45) is 4.24. The van der Waals surface area contributed by atoms with Crippen LogP contribution in [0.5, 0.6) is 0 Å². The van der Waals surface area contributed by atoms with Gasteiger partial charge in [-0.05, 0) is 36.6 Å². The van der Waals surface area contributed by atoms with Gasteiger partial charge in [0.15, 0.2) is 5.16 Å². The van der Waals surface area contributed by atoms with Crippen molar-refractivity contribution in [2.75, 3.05) is 13.1 Å². The molecule has 0 N–H and O–H groups in total. The molecule has 2 aromatic carbocycles. The normalized spacial score (nSPS) is 17.3. The van der Waals surface area contributed by atoms with Crippen molar-refractivity contribution in [1.29, 1.82) is 0 Å². The van der Waals surface area contributed by atoms with Crippen LogP contribution in [-0.4, -0.2) is 37.7 Å². The third-order valence-electron chi connectivity index (χ3n) is 6.06. The number of likely N-dealkylation sites (tertiary alicyclic amines) is 1. The lowest BCUT2D eigenvalue weighted by Gasteiger charge is -2.32. The lowest BCUT2D eigenvalue weighted by molar-refractivity contribution is 0.195.